The first-order chi connectivity index (χ1) is 10.6. The number of piperidine rings is 1. The van der Waals surface area contributed by atoms with Crippen LogP contribution in [-0.2, 0) is 11.2 Å². The molecule has 0 aromatic heterocycles. The average molecular weight is 301 g/mol. The van der Waals surface area contributed by atoms with Crippen molar-refractivity contribution in [1.29, 1.82) is 0 Å². The number of carbonyl (C=O) groups excluding carboxylic acids is 1. The normalized spacial score (nSPS) is 22.2. The van der Waals surface area contributed by atoms with Gasteiger partial charge in [-0.25, -0.2) is 0 Å². The molecule has 2 aliphatic rings. The Kier molecular flexibility index (Phi) is 4.39. The van der Waals surface area contributed by atoms with Gasteiger partial charge in [0.25, 0.3) is 0 Å². The molecular formula is C18H27N3O. The summed E-state index contributed by atoms with van der Waals surface area (Å²) in [5.41, 5.74) is 2.41. The van der Waals surface area contributed by atoms with Gasteiger partial charge >= 0.3 is 0 Å². The van der Waals surface area contributed by atoms with Crippen LogP contribution in [0.5, 0.6) is 0 Å². The van der Waals surface area contributed by atoms with Crippen molar-refractivity contribution in [2.75, 3.05) is 25.0 Å². The zero-order valence-corrected chi connectivity index (χ0v) is 13.7. The number of nitrogens with zero attached hydrogens (tertiary/aromatic N) is 1. The van der Waals surface area contributed by atoms with E-state index in [0.29, 0.717) is 12.5 Å². The number of rotatable bonds is 1. The molecule has 1 amide bonds. The number of carbonyl (C=O) groups is 1. The summed E-state index contributed by atoms with van der Waals surface area (Å²) < 4.78 is 0. The van der Waals surface area contributed by atoms with E-state index >= 15 is 0 Å². The molecule has 0 unspecified atom stereocenters. The lowest BCUT2D eigenvalue weighted by Crippen LogP contribution is -2.52. The van der Waals surface area contributed by atoms with E-state index in [2.05, 4.69) is 53.6 Å². The molecule has 1 spiro atoms. The second-order valence-corrected chi connectivity index (χ2v) is 6.97. The third-order valence-corrected chi connectivity index (χ3v) is 5.12. The van der Waals surface area contributed by atoms with E-state index in [-0.39, 0.29) is 11.4 Å². The quantitative estimate of drug-likeness (QED) is 0.837. The molecule has 22 heavy (non-hydrogen) atoms. The first kappa shape index (κ1) is 15.3. The summed E-state index contributed by atoms with van der Waals surface area (Å²) in [5, 5.41) is 6.84. The molecule has 2 aliphatic heterocycles. The van der Waals surface area contributed by atoms with Crippen LogP contribution in [0.4, 0.5) is 5.69 Å². The Balaban J connectivity index is 1.84. The van der Waals surface area contributed by atoms with Crippen LogP contribution in [0.2, 0.25) is 0 Å². The third kappa shape index (κ3) is 3.27. The second-order valence-electron chi connectivity index (χ2n) is 6.97. The number of para-hydroxylation sites is 1. The molecule has 1 aromatic carbocycles. The first-order valence-electron chi connectivity index (χ1n) is 8.45. The van der Waals surface area contributed by atoms with Crippen LogP contribution >= 0.6 is 0 Å². The summed E-state index contributed by atoms with van der Waals surface area (Å²) in [5.74, 6) is 0.179. The van der Waals surface area contributed by atoms with E-state index in [4.69, 9.17) is 0 Å². The van der Waals surface area contributed by atoms with Crippen molar-refractivity contribution in [1.82, 2.24) is 10.2 Å². The Bertz CT molecular complexity index is 533. The molecule has 3 rings (SSSR count). The number of nitrogens with one attached hydrogen (secondary N) is 2. The van der Waals surface area contributed by atoms with Crippen molar-refractivity contribution >= 4 is 11.6 Å². The van der Waals surface area contributed by atoms with Crippen LogP contribution in [0.3, 0.4) is 0 Å². The van der Waals surface area contributed by atoms with Gasteiger partial charge in [-0.05, 0) is 44.7 Å². The van der Waals surface area contributed by atoms with Crippen molar-refractivity contribution in [3.05, 3.63) is 29.8 Å². The fourth-order valence-corrected chi connectivity index (χ4v) is 3.67. The third-order valence-electron chi connectivity index (χ3n) is 5.12. The maximum Gasteiger partial charge on any atom is 0.222 e. The zero-order chi connectivity index (χ0) is 15.6. The highest BCUT2D eigenvalue weighted by atomic mass is 16.1. The number of anilines is 1. The number of hydrogen-bond donors (Lipinski definition) is 2. The average Bonchev–Trinajstić information content (AvgIpc) is 2.55. The predicted molar refractivity (Wildman–Crippen MR) is 90.1 cm³/mol. The molecule has 0 aliphatic carbocycles. The van der Waals surface area contributed by atoms with Gasteiger partial charge in [-0.15, -0.1) is 0 Å². The maximum atomic E-state index is 12.3. The Hall–Kier alpha value is -1.55. The van der Waals surface area contributed by atoms with Gasteiger partial charge in [-0.3, -0.25) is 4.79 Å². The first-order valence-corrected chi connectivity index (χ1v) is 8.45. The van der Waals surface area contributed by atoms with Gasteiger partial charge < -0.3 is 15.5 Å². The molecule has 120 valence electrons. The fourth-order valence-electron chi connectivity index (χ4n) is 3.67. The van der Waals surface area contributed by atoms with Crippen molar-refractivity contribution in [3.63, 3.8) is 0 Å². The predicted octanol–water partition coefficient (Wildman–Crippen LogP) is 2.40. The highest BCUT2D eigenvalue weighted by Crippen LogP contribution is 2.33. The lowest BCUT2D eigenvalue weighted by molar-refractivity contribution is -0.122. The highest BCUT2D eigenvalue weighted by molar-refractivity contribution is 5.78. The highest BCUT2D eigenvalue weighted by Gasteiger charge is 2.37. The van der Waals surface area contributed by atoms with Crippen LogP contribution in [0.25, 0.3) is 0 Å². The van der Waals surface area contributed by atoms with E-state index in [9.17, 15) is 4.79 Å². The standard InChI is InChI=1S/C18H27N3O/c1-14(2)21-11-8-18(9-12-21)13-17(22)19-10-7-15-5-3-4-6-16(15)20-18/h3-6,14,20H,7-13H2,1-2H3,(H,19,22). The van der Waals surface area contributed by atoms with Gasteiger partial charge in [0.1, 0.15) is 0 Å². The fraction of sp³-hybridized carbons (Fsp3) is 0.611. The number of fused-ring (bicyclic) bond motifs is 1. The summed E-state index contributed by atoms with van der Waals surface area (Å²) in [6, 6.07) is 9.05. The monoisotopic (exact) mass is 301 g/mol. The molecule has 4 nitrogen and oxygen atoms in total. The van der Waals surface area contributed by atoms with Crippen LogP contribution in [0.15, 0.2) is 24.3 Å². The van der Waals surface area contributed by atoms with Gasteiger partial charge in [-0.2, -0.15) is 0 Å². The van der Waals surface area contributed by atoms with Gasteiger partial charge in [0.2, 0.25) is 5.91 Å². The molecule has 1 fully saturated rings. The number of amides is 1. The van der Waals surface area contributed by atoms with Gasteiger partial charge in [0, 0.05) is 43.3 Å². The van der Waals surface area contributed by atoms with E-state index in [1.807, 2.05) is 0 Å². The van der Waals surface area contributed by atoms with Gasteiger partial charge in [0.15, 0.2) is 0 Å². The van der Waals surface area contributed by atoms with Crippen molar-refractivity contribution in [2.24, 2.45) is 0 Å². The van der Waals surface area contributed by atoms with E-state index < -0.39 is 0 Å². The Labute approximate surface area is 133 Å². The largest absolute Gasteiger partial charge is 0.379 e. The van der Waals surface area contributed by atoms with Crippen molar-refractivity contribution in [3.8, 4) is 0 Å². The topological polar surface area (TPSA) is 44.4 Å². The number of benzene rings is 1. The van der Waals surface area contributed by atoms with E-state index in [1.165, 1.54) is 11.3 Å². The molecule has 2 N–H and O–H groups in total. The molecule has 0 radical (unpaired) electrons. The second kappa shape index (κ2) is 6.29. The summed E-state index contributed by atoms with van der Waals surface area (Å²) in [6.07, 6.45) is 3.51. The van der Waals surface area contributed by atoms with Crippen LogP contribution < -0.4 is 10.6 Å². The Morgan fingerprint density at radius 1 is 1.18 bits per heavy atom. The van der Waals surface area contributed by atoms with E-state index in [0.717, 1.165) is 38.9 Å². The van der Waals surface area contributed by atoms with Gasteiger partial charge in [-0.1, -0.05) is 18.2 Å². The molecular weight excluding hydrogens is 274 g/mol. The lowest BCUT2D eigenvalue weighted by atomic mass is 9.83. The molecule has 0 bridgehead atoms. The minimum Gasteiger partial charge on any atom is -0.379 e. The minimum absolute atomic E-state index is 0.101. The molecule has 4 heteroatoms. The van der Waals surface area contributed by atoms with Gasteiger partial charge in [0.05, 0.1) is 0 Å². The zero-order valence-electron chi connectivity index (χ0n) is 13.7. The van der Waals surface area contributed by atoms with Crippen LogP contribution in [0, 0.1) is 0 Å². The summed E-state index contributed by atoms with van der Waals surface area (Å²) in [6.45, 7) is 7.33. The summed E-state index contributed by atoms with van der Waals surface area (Å²) in [4.78, 5) is 14.8. The Morgan fingerprint density at radius 3 is 2.64 bits per heavy atom. The number of hydrogen-bond acceptors (Lipinski definition) is 3. The molecule has 0 atom stereocenters. The SMILES string of the molecule is CC(C)N1CCC2(CC1)CC(=O)NCCc1ccccc1N2. The van der Waals surface area contributed by atoms with Crippen molar-refractivity contribution in [2.45, 2.75) is 51.1 Å². The molecule has 2 heterocycles. The number of likely N-dealkylation sites (tertiary alicyclic amines) is 1. The minimum atomic E-state index is -0.101. The molecule has 0 saturated carbocycles. The summed E-state index contributed by atoms with van der Waals surface area (Å²) in [7, 11) is 0. The smallest absolute Gasteiger partial charge is 0.222 e. The van der Waals surface area contributed by atoms with Crippen LogP contribution in [0.1, 0.15) is 38.7 Å². The lowest BCUT2D eigenvalue weighted by Gasteiger charge is -2.44. The Morgan fingerprint density at radius 2 is 1.91 bits per heavy atom. The molecule has 1 aromatic rings. The maximum absolute atomic E-state index is 12.3. The summed E-state index contributed by atoms with van der Waals surface area (Å²) >= 11 is 0. The van der Waals surface area contributed by atoms with E-state index in [1.54, 1.807) is 0 Å². The molecule has 1 saturated heterocycles. The van der Waals surface area contributed by atoms with Crippen molar-refractivity contribution < 1.29 is 4.79 Å². The van der Waals surface area contributed by atoms with Crippen LogP contribution in [-0.4, -0.2) is 42.0 Å².